The summed E-state index contributed by atoms with van der Waals surface area (Å²) in [6.07, 6.45) is 2.06. The van der Waals surface area contributed by atoms with Gasteiger partial charge < -0.3 is 10.3 Å². The molecule has 0 saturated carbocycles. The number of H-pyrrole nitrogens is 1. The van der Waals surface area contributed by atoms with Gasteiger partial charge in [0.15, 0.2) is 0 Å². The molecule has 0 radical (unpaired) electrons. The number of para-hydroxylation sites is 1. The summed E-state index contributed by atoms with van der Waals surface area (Å²) in [4.78, 5) is 3.29. The lowest BCUT2D eigenvalue weighted by Crippen LogP contribution is -1.97. The summed E-state index contributed by atoms with van der Waals surface area (Å²) in [5, 5.41) is 4.68. The van der Waals surface area contributed by atoms with Gasteiger partial charge in [0.25, 0.3) is 0 Å². The molecule has 90 valence electrons. The van der Waals surface area contributed by atoms with Crippen LogP contribution in [0.15, 0.2) is 59.2 Å². The highest BCUT2D eigenvalue weighted by molar-refractivity contribution is 9.10. The molecule has 0 aliphatic rings. The molecule has 0 unspecified atom stereocenters. The number of nitrogens with one attached hydrogen (secondary N) is 2. The van der Waals surface area contributed by atoms with Gasteiger partial charge in [-0.3, -0.25) is 0 Å². The first-order valence-electron chi connectivity index (χ1n) is 5.87. The zero-order valence-corrected chi connectivity index (χ0v) is 11.4. The van der Waals surface area contributed by atoms with Crippen molar-refractivity contribution in [2.24, 2.45) is 0 Å². The molecule has 0 spiro atoms. The number of aromatic nitrogens is 1. The number of aromatic amines is 1. The summed E-state index contributed by atoms with van der Waals surface area (Å²) < 4.78 is 1.11. The Hall–Kier alpha value is -1.74. The van der Waals surface area contributed by atoms with Crippen molar-refractivity contribution in [1.29, 1.82) is 0 Å². The number of fused-ring (bicyclic) bond motifs is 1. The topological polar surface area (TPSA) is 27.8 Å². The Morgan fingerprint density at radius 1 is 1.06 bits per heavy atom. The Bertz CT molecular complexity index is 659. The molecule has 0 amide bonds. The van der Waals surface area contributed by atoms with E-state index >= 15 is 0 Å². The number of anilines is 1. The first-order chi connectivity index (χ1) is 8.83. The molecule has 0 aliphatic heterocycles. The van der Waals surface area contributed by atoms with Gasteiger partial charge >= 0.3 is 0 Å². The predicted molar refractivity (Wildman–Crippen MR) is 79.8 cm³/mol. The van der Waals surface area contributed by atoms with Crippen LogP contribution in [0.25, 0.3) is 10.9 Å². The van der Waals surface area contributed by atoms with Crippen LogP contribution in [0.1, 0.15) is 5.56 Å². The molecule has 0 saturated heterocycles. The highest BCUT2D eigenvalue weighted by Crippen LogP contribution is 2.23. The van der Waals surface area contributed by atoms with Gasteiger partial charge in [-0.2, -0.15) is 0 Å². The van der Waals surface area contributed by atoms with Crippen molar-refractivity contribution >= 4 is 32.5 Å². The highest BCUT2D eigenvalue weighted by Gasteiger charge is 2.03. The van der Waals surface area contributed by atoms with E-state index in [1.54, 1.807) is 0 Å². The third-order valence-corrected chi connectivity index (χ3v) is 3.48. The first-order valence-corrected chi connectivity index (χ1v) is 6.67. The van der Waals surface area contributed by atoms with Crippen molar-refractivity contribution in [2.75, 3.05) is 5.32 Å². The van der Waals surface area contributed by atoms with E-state index in [4.69, 9.17) is 0 Å². The van der Waals surface area contributed by atoms with E-state index in [1.165, 1.54) is 16.5 Å². The fourth-order valence-corrected chi connectivity index (χ4v) is 2.41. The molecular weight excluding hydrogens is 288 g/mol. The minimum absolute atomic E-state index is 0.820. The van der Waals surface area contributed by atoms with Crippen LogP contribution in [0.3, 0.4) is 0 Å². The van der Waals surface area contributed by atoms with Gasteiger partial charge in [-0.05, 0) is 35.9 Å². The van der Waals surface area contributed by atoms with Crippen molar-refractivity contribution in [1.82, 2.24) is 4.98 Å². The predicted octanol–water partition coefficient (Wildman–Crippen LogP) is 4.54. The van der Waals surface area contributed by atoms with Crippen LogP contribution in [-0.2, 0) is 6.54 Å². The van der Waals surface area contributed by atoms with Crippen LogP contribution in [0.4, 0.5) is 5.69 Å². The van der Waals surface area contributed by atoms with Gasteiger partial charge in [-0.25, -0.2) is 0 Å². The molecule has 1 aromatic heterocycles. The fraction of sp³-hybridized carbons (Fsp3) is 0.0667. The minimum Gasteiger partial charge on any atom is -0.381 e. The van der Waals surface area contributed by atoms with E-state index in [-0.39, 0.29) is 0 Å². The second kappa shape index (κ2) is 4.86. The third-order valence-electron chi connectivity index (χ3n) is 2.99. The summed E-state index contributed by atoms with van der Waals surface area (Å²) in [5.74, 6) is 0. The van der Waals surface area contributed by atoms with E-state index in [1.807, 2.05) is 24.3 Å². The molecule has 0 fully saturated rings. The minimum atomic E-state index is 0.820. The Balaban J connectivity index is 1.85. The summed E-state index contributed by atoms with van der Waals surface area (Å²) in [6, 6.07) is 16.5. The maximum absolute atomic E-state index is 3.51. The fourth-order valence-electron chi connectivity index (χ4n) is 2.05. The molecule has 0 atom stereocenters. The average molecular weight is 301 g/mol. The van der Waals surface area contributed by atoms with E-state index in [2.05, 4.69) is 56.7 Å². The molecule has 1 heterocycles. The number of benzene rings is 2. The SMILES string of the molecule is Brc1ccc2[nH]cc(CNc3ccccc3)c2c1. The summed E-state index contributed by atoms with van der Waals surface area (Å²) in [5.41, 5.74) is 3.58. The van der Waals surface area contributed by atoms with Gasteiger partial charge in [0.05, 0.1) is 0 Å². The van der Waals surface area contributed by atoms with E-state index in [0.29, 0.717) is 0 Å². The maximum atomic E-state index is 3.51. The third kappa shape index (κ3) is 2.27. The quantitative estimate of drug-likeness (QED) is 0.730. The zero-order valence-electron chi connectivity index (χ0n) is 9.78. The molecular formula is C15H13BrN2. The molecule has 0 aliphatic carbocycles. The van der Waals surface area contributed by atoms with Gasteiger partial charge in [-0.1, -0.05) is 34.1 Å². The van der Waals surface area contributed by atoms with Crippen LogP contribution in [0, 0.1) is 0 Å². The molecule has 0 bridgehead atoms. The normalized spacial score (nSPS) is 10.7. The Labute approximate surface area is 114 Å². The number of rotatable bonds is 3. The summed E-state index contributed by atoms with van der Waals surface area (Å²) >= 11 is 3.51. The second-order valence-electron chi connectivity index (χ2n) is 4.22. The van der Waals surface area contributed by atoms with Crippen molar-refractivity contribution < 1.29 is 0 Å². The van der Waals surface area contributed by atoms with Crippen LogP contribution < -0.4 is 5.32 Å². The summed E-state index contributed by atoms with van der Waals surface area (Å²) in [7, 11) is 0. The molecule has 3 rings (SSSR count). The van der Waals surface area contributed by atoms with Crippen molar-refractivity contribution in [3.8, 4) is 0 Å². The number of hydrogen-bond donors (Lipinski definition) is 2. The molecule has 3 heteroatoms. The second-order valence-corrected chi connectivity index (χ2v) is 5.14. The molecule has 2 nitrogen and oxygen atoms in total. The zero-order chi connectivity index (χ0) is 12.4. The lowest BCUT2D eigenvalue weighted by Gasteiger charge is -2.05. The van der Waals surface area contributed by atoms with E-state index in [0.717, 1.165) is 16.7 Å². The Morgan fingerprint density at radius 2 is 1.89 bits per heavy atom. The number of halogens is 1. The molecule has 2 aromatic carbocycles. The molecule has 3 aromatic rings. The van der Waals surface area contributed by atoms with Gasteiger partial charge in [0.2, 0.25) is 0 Å². The van der Waals surface area contributed by atoms with E-state index < -0.39 is 0 Å². The van der Waals surface area contributed by atoms with Crippen molar-refractivity contribution in [3.05, 3.63) is 64.8 Å². The maximum Gasteiger partial charge on any atom is 0.0458 e. The molecule has 2 N–H and O–H groups in total. The first kappa shape index (κ1) is 11.4. The monoisotopic (exact) mass is 300 g/mol. The Morgan fingerprint density at radius 3 is 2.72 bits per heavy atom. The van der Waals surface area contributed by atoms with Gasteiger partial charge in [0.1, 0.15) is 0 Å². The van der Waals surface area contributed by atoms with Crippen molar-refractivity contribution in [3.63, 3.8) is 0 Å². The lowest BCUT2D eigenvalue weighted by atomic mass is 10.2. The van der Waals surface area contributed by atoms with Crippen LogP contribution in [0.2, 0.25) is 0 Å². The largest absolute Gasteiger partial charge is 0.381 e. The standard InChI is InChI=1S/C15H13BrN2/c16-12-6-7-15-14(8-12)11(10-18-15)9-17-13-4-2-1-3-5-13/h1-8,10,17-18H,9H2. The summed E-state index contributed by atoms with van der Waals surface area (Å²) in [6.45, 7) is 0.820. The van der Waals surface area contributed by atoms with Gasteiger partial charge in [0, 0.05) is 33.8 Å². The average Bonchev–Trinajstić information content (AvgIpc) is 2.80. The van der Waals surface area contributed by atoms with Gasteiger partial charge in [-0.15, -0.1) is 0 Å². The van der Waals surface area contributed by atoms with Crippen LogP contribution in [0.5, 0.6) is 0 Å². The smallest absolute Gasteiger partial charge is 0.0458 e. The van der Waals surface area contributed by atoms with Crippen LogP contribution >= 0.6 is 15.9 Å². The van der Waals surface area contributed by atoms with Crippen LogP contribution in [-0.4, -0.2) is 4.98 Å². The number of hydrogen-bond acceptors (Lipinski definition) is 1. The molecule has 18 heavy (non-hydrogen) atoms. The highest BCUT2D eigenvalue weighted by atomic mass is 79.9. The van der Waals surface area contributed by atoms with Crippen molar-refractivity contribution in [2.45, 2.75) is 6.54 Å². The lowest BCUT2D eigenvalue weighted by molar-refractivity contribution is 1.16. The van der Waals surface area contributed by atoms with E-state index in [9.17, 15) is 0 Å². The Kier molecular flexibility index (Phi) is 3.07.